The highest BCUT2D eigenvalue weighted by molar-refractivity contribution is 5.65. The van der Waals surface area contributed by atoms with Gasteiger partial charge in [-0.1, -0.05) is 19.1 Å². The number of benzene rings is 2. The van der Waals surface area contributed by atoms with E-state index in [1.54, 1.807) is 18.2 Å². The molecule has 2 saturated heterocycles. The monoisotopic (exact) mass is 535 g/mol. The molecular formula is C29H36F3NO5. The summed E-state index contributed by atoms with van der Waals surface area (Å²) in [5.74, 6) is 1.32. The molecule has 4 aliphatic rings. The smallest absolute Gasteiger partial charge is 0.416 e. The van der Waals surface area contributed by atoms with Gasteiger partial charge in [-0.3, -0.25) is 9.69 Å². The molecule has 6 nitrogen and oxygen atoms in total. The van der Waals surface area contributed by atoms with Crippen LogP contribution >= 0.6 is 0 Å². The number of halogens is 3. The van der Waals surface area contributed by atoms with Gasteiger partial charge in [0.25, 0.3) is 0 Å². The fourth-order valence-corrected chi connectivity index (χ4v) is 5.60. The maximum atomic E-state index is 13.4. The van der Waals surface area contributed by atoms with E-state index in [1.807, 2.05) is 6.07 Å². The van der Waals surface area contributed by atoms with Gasteiger partial charge in [0.05, 0.1) is 31.5 Å². The van der Waals surface area contributed by atoms with Crippen LogP contribution in [0, 0.1) is 0 Å². The first kappa shape index (κ1) is 28.2. The van der Waals surface area contributed by atoms with Gasteiger partial charge in [-0.25, -0.2) is 0 Å². The first-order valence-electron chi connectivity index (χ1n) is 13.1. The minimum atomic E-state index is -4.27. The number of aryl methyl sites for hydroxylation is 1. The molecule has 0 amide bonds. The second-order valence-electron chi connectivity index (χ2n) is 10.4. The number of carbonyl (C=O) groups is 1. The number of hydrogen-bond acceptors (Lipinski definition) is 6. The van der Waals surface area contributed by atoms with Gasteiger partial charge in [-0.2, -0.15) is 13.2 Å². The van der Waals surface area contributed by atoms with Gasteiger partial charge in [0, 0.05) is 44.1 Å². The van der Waals surface area contributed by atoms with E-state index < -0.39 is 11.7 Å². The highest BCUT2D eigenvalue weighted by Crippen LogP contribution is 2.39. The van der Waals surface area contributed by atoms with Crippen molar-refractivity contribution >= 4 is 5.97 Å². The number of methoxy groups -OCH3 is 1. The van der Waals surface area contributed by atoms with E-state index in [4.69, 9.17) is 14.6 Å². The quantitative estimate of drug-likeness (QED) is 0.503. The summed E-state index contributed by atoms with van der Waals surface area (Å²) in [6.45, 7) is 6.14. The number of hydrogen-bond donors (Lipinski definition) is 1. The summed E-state index contributed by atoms with van der Waals surface area (Å²) in [4.78, 5) is 11.8. The van der Waals surface area contributed by atoms with E-state index >= 15 is 0 Å². The summed E-state index contributed by atoms with van der Waals surface area (Å²) in [7, 11) is 1.35. The Hall–Kier alpha value is -2.78. The molecule has 1 N–H and O–H groups in total. The molecule has 2 fully saturated rings. The Balaban J connectivity index is 0.000000175. The van der Waals surface area contributed by atoms with Crippen molar-refractivity contribution in [2.45, 2.75) is 76.8 Å². The lowest BCUT2D eigenvalue weighted by Gasteiger charge is -2.33. The van der Waals surface area contributed by atoms with Crippen molar-refractivity contribution in [3.63, 3.8) is 0 Å². The molecule has 3 aliphatic heterocycles. The van der Waals surface area contributed by atoms with Gasteiger partial charge in [-0.15, -0.1) is 0 Å². The summed E-state index contributed by atoms with van der Waals surface area (Å²) in [6, 6.07) is 8.25. The zero-order valence-corrected chi connectivity index (χ0v) is 22.1. The largest absolute Gasteiger partial charge is 0.508 e. The predicted molar refractivity (Wildman–Crippen MR) is 136 cm³/mol. The highest BCUT2D eigenvalue weighted by Gasteiger charge is 2.38. The van der Waals surface area contributed by atoms with E-state index in [2.05, 4.69) is 16.6 Å². The van der Waals surface area contributed by atoms with Crippen molar-refractivity contribution in [3.8, 4) is 11.5 Å². The van der Waals surface area contributed by atoms with E-state index in [9.17, 15) is 18.0 Å². The number of morpholine rings is 1. The Morgan fingerprint density at radius 2 is 1.82 bits per heavy atom. The lowest BCUT2D eigenvalue weighted by atomic mass is 9.96. The lowest BCUT2D eigenvalue weighted by molar-refractivity contribution is -0.139. The van der Waals surface area contributed by atoms with E-state index in [1.165, 1.54) is 25.7 Å². The first-order valence-corrected chi connectivity index (χ1v) is 13.1. The molecule has 1 aliphatic carbocycles. The number of carbonyl (C=O) groups excluding carboxylic acids is 1. The van der Waals surface area contributed by atoms with Crippen LogP contribution < -0.4 is 4.74 Å². The van der Waals surface area contributed by atoms with E-state index in [-0.39, 0.29) is 23.9 Å². The Kier molecular flexibility index (Phi) is 8.88. The van der Waals surface area contributed by atoms with Crippen LogP contribution in [0.3, 0.4) is 0 Å². The number of alkyl halides is 3. The van der Waals surface area contributed by atoms with E-state index in [0.29, 0.717) is 18.0 Å². The fourth-order valence-electron chi connectivity index (χ4n) is 5.60. The van der Waals surface area contributed by atoms with Gasteiger partial charge in [-0.05, 0) is 60.9 Å². The topological polar surface area (TPSA) is 68.2 Å². The summed E-state index contributed by atoms with van der Waals surface area (Å²) in [6.07, 6.45) is 0.909. The number of phenols is 1. The van der Waals surface area contributed by atoms with Gasteiger partial charge < -0.3 is 19.3 Å². The number of likely N-dealkylation sites (tertiary alicyclic amines) is 1. The molecule has 6 rings (SSSR count). The zero-order chi connectivity index (χ0) is 27.4. The standard InChI is InChI=1S/C17H20F3NO.C9H10O2.C3H6O2/c18-17(19,20)16-7-4-11-2-1-3-14(11)15(16)10-21-8-12-5-6-13(9-21)22-12;1-6-5-11-9-4-7(10)2-3-8(6)9;1-3(4)5-2/h4,7,12-13H,1-3,5-6,8-10H2;2-4,6,10H,5H2,1H3;1-2H3. The van der Waals surface area contributed by atoms with Crippen molar-refractivity contribution in [2.24, 2.45) is 0 Å². The van der Waals surface area contributed by atoms with E-state index in [0.717, 1.165) is 68.7 Å². The SMILES string of the molecule is CC1COc2cc(O)ccc21.COC(C)=O.FC(F)(F)c1ccc2c(c1CN1CC3CCC(C1)O3)CCC2. The molecule has 0 spiro atoms. The van der Waals surface area contributed by atoms with Crippen molar-refractivity contribution in [3.05, 3.63) is 58.1 Å². The average molecular weight is 536 g/mol. The van der Waals surface area contributed by atoms with Crippen molar-refractivity contribution in [1.29, 1.82) is 0 Å². The van der Waals surface area contributed by atoms with Crippen LogP contribution in [-0.4, -0.2) is 55.0 Å². The summed E-state index contributed by atoms with van der Waals surface area (Å²) < 4.78 is 55.4. The number of esters is 1. The lowest BCUT2D eigenvalue weighted by Crippen LogP contribution is -2.42. The van der Waals surface area contributed by atoms with Gasteiger partial charge in [0.15, 0.2) is 0 Å². The molecule has 0 radical (unpaired) electrons. The number of ether oxygens (including phenoxy) is 3. The summed E-state index contributed by atoms with van der Waals surface area (Å²) >= 11 is 0. The minimum absolute atomic E-state index is 0.213. The molecule has 9 heteroatoms. The van der Waals surface area contributed by atoms with Crippen LogP contribution in [0.2, 0.25) is 0 Å². The summed E-state index contributed by atoms with van der Waals surface area (Å²) in [5.41, 5.74) is 3.34. The molecule has 38 heavy (non-hydrogen) atoms. The van der Waals surface area contributed by atoms with Crippen LogP contribution in [-0.2, 0) is 39.8 Å². The van der Waals surface area contributed by atoms with Gasteiger partial charge >= 0.3 is 12.1 Å². The molecule has 208 valence electrons. The van der Waals surface area contributed by atoms with Crippen LogP contribution in [0.1, 0.15) is 66.8 Å². The number of fused-ring (bicyclic) bond motifs is 4. The third-order valence-corrected chi connectivity index (χ3v) is 7.51. The Bertz CT molecular complexity index is 1120. The molecule has 3 atom stereocenters. The highest BCUT2D eigenvalue weighted by atomic mass is 19.4. The molecule has 0 aromatic heterocycles. The third-order valence-electron chi connectivity index (χ3n) is 7.51. The molecule has 2 aromatic rings. The minimum Gasteiger partial charge on any atom is -0.508 e. The normalized spacial score (nSPS) is 23.3. The Labute approximate surface area is 221 Å². The predicted octanol–water partition coefficient (Wildman–Crippen LogP) is 5.62. The number of rotatable bonds is 2. The van der Waals surface area contributed by atoms with Gasteiger partial charge in [0.1, 0.15) is 11.5 Å². The maximum Gasteiger partial charge on any atom is 0.416 e. The van der Waals surface area contributed by atoms with Crippen LogP contribution in [0.25, 0.3) is 0 Å². The second kappa shape index (κ2) is 11.9. The van der Waals surface area contributed by atoms with Gasteiger partial charge in [0.2, 0.25) is 0 Å². The van der Waals surface area contributed by atoms with Crippen LogP contribution in [0.5, 0.6) is 11.5 Å². The molecule has 2 aromatic carbocycles. The molecule has 3 unspecified atom stereocenters. The van der Waals surface area contributed by atoms with Crippen molar-refractivity contribution < 1.29 is 37.3 Å². The third kappa shape index (κ3) is 6.80. The van der Waals surface area contributed by atoms with Crippen molar-refractivity contribution in [1.82, 2.24) is 4.90 Å². The Morgan fingerprint density at radius 1 is 1.13 bits per heavy atom. The Morgan fingerprint density at radius 3 is 2.45 bits per heavy atom. The zero-order valence-electron chi connectivity index (χ0n) is 22.1. The molecule has 2 bridgehead atoms. The van der Waals surface area contributed by atoms with Crippen LogP contribution in [0.4, 0.5) is 13.2 Å². The number of phenolic OH excluding ortho intramolecular Hbond substituents is 1. The fraction of sp³-hybridized carbons (Fsp3) is 0.552. The maximum absolute atomic E-state index is 13.4. The number of aromatic hydroxyl groups is 1. The summed E-state index contributed by atoms with van der Waals surface area (Å²) in [5, 5.41) is 9.10. The second-order valence-corrected chi connectivity index (χ2v) is 10.4. The number of nitrogens with zero attached hydrogens (tertiary/aromatic N) is 1. The molecular weight excluding hydrogens is 499 g/mol. The molecule has 0 saturated carbocycles. The van der Waals surface area contributed by atoms with Crippen molar-refractivity contribution in [2.75, 3.05) is 26.8 Å². The molecule has 3 heterocycles. The van der Waals surface area contributed by atoms with Crippen LogP contribution in [0.15, 0.2) is 30.3 Å². The first-order chi connectivity index (χ1) is 18.0. The average Bonchev–Trinajstić information content (AvgIpc) is 3.58.